The van der Waals surface area contributed by atoms with Crippen LogP contribution in [0.15, 0.2) is 18.3 Å². The molecule has 0 amide bonds. The van der Waals surface area contributed by atoms with Gasteiger partial charge in [0.1, 0.15) is 5.82 Å². The Balaban J connectivity index is 1.77. The first-order valence-electron chi connectivity index (χ1n) is 7.25. The van der Waals surface area contributed by atoms with Crippen molar-refractivity contribution in [3.63, 3.8) is 0 Å². The van der Waals surface area contributed by atoms with Gasteiger partial charge in [-0.2, -0.15) is 0 Å². The van der Waals surface area contributed by atoms with E-state index in [0.29, 0.717) is 17.9 Å². The van der Waals surface area contributed by atoms with Crippen molar-refractivity contribution < 1.29 is 5.11 Å². The van der Waals surface area contributed by atoms with Gasteiger partial charge < -0.3 is 15.3 Å². The summed E-state index contributed by atoms with van der Waals surface area (Å²) in [7, 11) is 1.97. The number of pyridine rings is 1. The predicted molar refractivity (Wildman–Crippen MR) is 76.1 cm³/mol. The summed E-state index contributed by atoms with van der Waals surface area (Å²) in [5.74, 6) is 2.16. The molecule has 4 unspecified atom stereocenters. The molecule has 1 saturated heterocycles. The van der Waals surface area contributed by atoms with E-state index >= 15 is 0 Å². The van der Waals surface area contributed by atoms with Crippen LogP contribution in [-0.4, -0.2) is 36.3 Å². The molecule has 4 atom stereocenters. The van der Waals surface area contributed by atoms with Gasteiger partial charge in [0.2, 0.25) is 0 Å². The third-order valence-electron chi connectivity index (χ3n) is 4.85. The lowest BCUT2D eigenvalue weighted by Crippen LogP contribution is -2.25. The quantitative estimate of drug-likeness (QED) is 0.867. The van der Waals surface area contributed by atoms with Crippen LogP contribution in [0.5, 0.6) is 0 Å². The summed E-state index contributed by atoms with van der Waals surface area (Å²) in [6.45, 7) is 4.16. The molecule has 1 aromatic heterocycles. The van der Waals surface area contributed by atoms with Gasteiger partial charge in [-0.15, -0.1) is 0 Å². The minimum atomic E-state index is -0.102. The molecule has 19 heavy (non-hydrogen) atoms. The Bertz CT molecular complexity index is 451. The Hall–Kier alpha value is -1.13. The molecule has 0 radical (unpaired) electrons. The summed E-state index contributed by atoms with van der Waals surface area (Å²) in [6, 6.07) is 4.58. The number of nitrogens with one attached hydrogen (secondary N) is 1. The van der Waals surface area contributed by atoms with E-state index in [1.807, 2.05) is 13.2 Å². The third-order valence-corrected chi connectivity index (χ3v) is 4.85. The van der Waals surface area contributed by atoms with Gasteiger partial charge in [-0.3, -0.25) is 0 Å². The van der Waals surface area contributed by atoms with Crippen LogP contribution in [-0.2, 0) is 0 Å². The van der Waals surface area contributed by atoms with E-state index < -0.39 is 0 Å². The molecule has 0 bridgehead atoms. The smallest absolute Gasteiger partial charge is 0.128 e. The van der Waals surface area contributed by atoms with Gasteiger partial charge in [-0.1, -0.05) is 0 Å². The molecule has 0 aromatic carbocycles. The van der Waals surface area contributed by atoms with Gasteiger partial charge >= 0.3 is 0 Å². The van der Waals surface area contributed by atoms with Crippen molar-refractivity contribution in [1.82, 2.24) is 10.3 Å². The molecule has 2 fully saturated rings. The molecule has 2 aliphatic rings. The monoisotopic (exact) mass is 261 g/mol. The standard InChI is InChI=1S/C15H23N3O/c1-10(16-2)11-5-6-17-15(7-11)18-8-12-3-4-14(19)13(12)9-18/h5-7,10,12-14,16,19H,3-4,8-9H2,1-2H3. The molecule has 0 spiro atoms. The molecule has 4 nitrogen and oxygen atoms in total. The van der Waals surface area contributed by atoms with Crippen LogP contribution in [0.2, 0.25) is 0 Å². The van der Waals surface area contributed by atoms with Crippen molar-refractivity contribution >= 4 is 5.82 Å². The zero-order valence-corrected chi connectivity index (χ0v) is 11.7. The summed E-state index contributed by atoms with van der Waals surface area (Å²) in [4.78, 5) is 6.84. The van der Waals surface area contributed by atoms with Crippen molar-refractivity contribution in [3.05, 3.63) is 23.9 Å². The van der Waals surface area contributed by atoms with Gasteiger partial charge in [-0.05, 0) is 50.4 Å². The average molecular weight is 261 g/mol. The molecule has 104 valence electrons. The number of aliphatic hydroxyl groups is 1. The molecule has 1 aliphatic carbocycles. The largest absolute Gasteiger partial charge is 0.393 e. The Morgan fingerprint density at radius 1 is 1.42 bits per heavy atom. The second-order valence-corrected chi connectivity index (χ2v) is 5.93. The van der Waals surface area contributed by atoms with Crippen molar-refractivity contribution in [2.24, 2.45) is 11.8 Å². The maximum atomic E-state index is 9.99. The van der Waals surface area contributed by atoms with Gasteiger partial charge in [-0.25, -0.2) is 4.98 Å². The van der Waals surface area contributed by atoms with Gasteiger partial charge in [0, 0.05) is 31.2 Å². The lowest BCUT2D eigenvalue weighted by molar-refractivity contribution is 0.133. The van der Waals surface area contributed by atoms with Crippen LogP contribution in [0.1, 0.15) is 31.4 Å². The molecule has 4 heteroatoms. The zero-order chi connectivity index (χ0) is 13.4. The Morgan fingerprint density at radius 3 is 3.00 bits per heavy atom. The van der Waals surface area contributed by atoms with Gasteiger partial charge in [0.05, 0.1) is 6.10 Å². The summed E-state index contributed by atoms with van der Waals surface area (Å²) in [5.41, 5.74) is 1.27. The van der Waals surface area contributed by atoms with Gasteiger partial charge in [0.15, 0.2) is 0 Å². The zero-order valence-electron chi connectivity index (χ0n) is 11.7. The fourth-order valence-electron chi connectivity index (χ4n) is 3.47. The molecule has 3 rings (SSSR count). The molecule has 1 aliphatic heterocycles. The lowest BCUT2D eigenvalue weighted by Gasteiger charge is -2.21. The van der Waals surface area contributed by atoms with E-state index in [2.05, 4.69) is 34.3 Å². The minimum Gasteiger partial charge on any atom is -0.393 e. The highest BCUT2D eigenvalue weighted by Crippen LogP contribution is 2.39. The van der Waals surface area contributed by atoms with Crippen LogP contribution in [0, 0.1) is 11.8 Å². The molecular weight excluding hydrogens is 238 g/mol. The first kappa shape index (κ1) is 12.9. The number of fused-ring (bicyclic) bond motifs is 1. The first-order chi connectivity index (χ1) is 9.19. The van der Waals surface area contributed by atoms with Crippen LogP contribution >= 0.6 is 0 Å². The average Bonchev–Trinajstić information content (AvgIpc) is 3.01. The molecule has 1 aromatic rings. The molecular formula is C15H23N3O. The van der Waals surface area contributed by atoms with Crippen LogP contribution in [0.25, 0.3) is 0 Å². The second kappa shape index (κ2) is 5.10. The van der Waals surface area contributed by atoms with Crippen molar-refractivity contribution in [3.8, 4) is 0 Å². The third kappa shape index (κ3) is 2.35. The topological polar surface area (TPSA) is 48.4 Å². The predicted octanol–water partition coefficient (Wildman–Crippen LogP) is 1.57. The molecule has 2 heterocycles. The van der Waals surface area contributed by atoms with E-state index in [1.54, 1.807) is 0 Å². The van der Waals surface area contributed by atoms with E-state index in [9.17, 15) is 5.11 Å². The summed E-state index contributed by atoms with van der Waals surface area (Å²) >= 11 is 0. The molecule has 1 saturated carbocycles. The number of aliphatic hydroxyl groups excluding tert-OH is 1. The number of nitrogens with zero attached hydrogens (tertiary/aromatic N) is 2. The highest BCUT2D eigenvalue weighted by molar-refractivity contribution is 5.43. The Labute approximate surface area is 114 Å². The van der Waals surface area contributed by atoms with Crippen LogP contribution < -0.4 is 10.2 Å². The molecule has 2 N–H and O–H groups in total. The van der Waals surface area contributed by atoms with Crippen LogP contribution in [0.3, 0.4) is 0 Å². The Morgan fingerprint density at radius 2 is 2.26 bits per heavy atom. The van der Waals surface area contributed by atoms with Crippen LogP contribution in [0.4, 0.5) is 5.82 Å². The SMILES string of the molecule is CNC(C)c1ccnc(N2CC3CCC(O)C3C2)c1. The van der Waals surface area contributed by atoms with E-state index in [4.69, 9.17) is 0 Å². The fraction of sp³-hybridized carbons (Fsp3) is 0.667. The summed E-state index contributed by atoms with van der Waals surface area (Å²) < 4.78 is 0. The maximum absolute atomic E-state index is 9.99. The van der Waals surface area contributed by atoms with E-state index in [-0.39, 0.29) is 6.10 Å². The Kier molecular flexibility index (Phi) is 3.46. The van der Waals surface area contributed by atoms with Crippen molar-refractivity contribution in [2.75, 3.05) is 25.0 Å². The number of hydrogen-bond acceptors (Lipinski definition) is 4. The van der Waals surface area contributed by atoms with Crippen molar-refractivity contribution in [1.29, 1.82) is 0 Å². The number of hydrogen-bond donors (Lipinski definition) is 2. The number of anilines is 1. The second-order valence-electron chi connectivity index (χ2n) is 5.93. The summed E-state index contributed by atoms with van der Waals surface area (Å²) in [5, 5.41) is 13.2. The number of rotatable bonds is 3. The summed E-state index contributed by atoms with van der Waals surface area (Å²) in [6.07, 6.45) is 3.93. The van der Waals surface area contributed by atoms with Crippen molar-refractivity contribution in [2.45, 2.75) is 31.9 Å². The normalized spacial score (nSPS) is 31.5. The number of aromatic nitrogens is 1. The van der Waals surface area contributed by atoms with E-state index in [0.717, 1.165) is 31.7 Å². The van der Waals surface area contributed by atoms with E-state index in [1.165, 1.54) is 5.56 Å². The maximum Gasteiger partial charge on any atom is 0.128 e. The fourth-order valence-corrected chi connectivity index (χ4v) is 3.47. The highest BCUT2D eigenvalue weighted by atomic mass is 16.3. The van der Waals surface area contributed by atoms with Gasteiger partial charge in [0.25, 0.3) is 0 Å². The highest BCUT2D eigenvalue weighted by Gasteiger charge is 2.42. The lowest BCUT2D eigenvalue weighted by atomic mass is 10.00. The first-order valence-corrected chi connectivity index (χ1v) is 7.25. The minimum absolute atomic E-state index is 0.102.